The smallest absolute Gasteiger partial charge is 0.275 e. The number of methoxy groups -OCH3 is 1. The van der Waals surface area contributed by atoms with E-state index in [4.69, 9.17) is 10.00 Å². The fourth-order valence-corrected chi connectivity index (χ4v) is 2.12. The predicted octanol–water partition coefficient (Wildman–Crippen LogP) is 2.67. The molecule has 7 heteroatoms. The Morgan fingerprint density at radius 3 is 2.52 bits per heavy atom. The summed E-state index contributed by atoms with van der Waals surface area (Å²) in [5.74, 6) is 0.600. The molecule has 0 saturated carbocycles. The van der Waals surface area contributed by atoms with Gasteiger partial charge < -0.3 is 10.1 Å². The van der Waals surface area contributed by atoms with E-state index >= 15 is 0 Å². The first kappa shape index (κ1) is 16.1. The molecule has 0 saturated heterocycles. The van der Waals surface area contributed by atoms with Crippen molar-refractivity contribution < 1.29 is 9.53 Å². The van der Waals surface area contributed by atoms with Crippen LogP contribution in [0.2, 0.25) is 0 Å². The fourth-order valence-electron chi connectivity index (χ4n) is 2.12. The summed E-state index contributed by atoms with van der Waals surface area (Å²) in [5.41, 5.74) is 1.87. The number of amides is 1. The normalized spacial score (nSPS) is 9.92. The van der Waals surface area contributed by atoms with E-state index in [2.05, 4.69) is 20.5 Å². The van der Waals surface area contributed by atoms with Crippen LogP contribution in [0.5, 0.6) is 5.75 Å². The van der Waals surface area contributed by atoms with Gasteiger partial charge in [0.25, 0.3) is 5.91 Å². The second-order valence-electron chi connectivity index (χ2n) is 5.01. The molecule has 0 aliphatic heterocycles. The lowest BCUT2D eigenvalue weighted by Crippen LogP contribution is -2.15. The van der Waals surface area contributed by atoms with Crippen LogP contribution in [0.1, 0.15) is 16.2 Å². The molecular formula is C18H13N5O2. The van der Waals surface area contributed by atoms with Gasteiger partial charge in [0.05, 0.1) is 12.8 Å². The van der Waals surface area contributed by atoms with Crippen molar-refractivity contribution in [2.24, 2.45) is 0 Å². The number of nitrogens with one attached hydrogen (secondary N) is 1. The fraction of sp³-hybridized carbons (Fsp3) is 0.0556. The molecule has 0 radical (unpaired) electrons. The first-order valence-electron chi connectivity index (χ1n) is 7.36. The van der Waals surface area contributed by atoms with Gasteiger partial charge in [-0.2, -0.15) is 5.26 Å². The number of ether oxygens (including phenoxy) is 1. The van der Waals surface area contributed by atoms with Crippen molar-refractivity contribution in [3.05, 3.63) is 66.0 Å². The Hall–Kier alpha value is -3.79. The highest BCUT2D eigenvalue weighted by Gasteiger charge is 2.10. The van der Waals surface area contributed by atoms with Crippen molar-refractivity contribution in [3.63, 3.8) is 0 Å². The van der Waals surface area contributed by atoms with E-state index in [1.807, 2.05) is 30.3 Å². The maximum absolute atomic E-state index is 12.1. The Morgan fingerprint density at radius 1 is 1.08 bits per heavy atom. The molecule has 7 nitrogen and oxygen atoms in total. The number of rotatable bonds is 4. The number of pyridine rings is 1. The summed E-state index contributed by atoms with van der Waals surface area (Å²) in [6, 6.07) is 17.4. The summed E-state index contributed by atoms with van der Waals surface area (Å²) in [4.78, 5) is 16.1. The van der Waals surface area contributed by atoms with Crippen molar-refractivity contribution in [2.45, 2.75) is 0 Å². The molecule has 0 bridgehead atoms. The summed E-state index contributed by atoms with van der Waals surface area (Å²) in [5, 5.41) is 19.5. The third kappa shape index (κ3) is 3.76. The summed E-state index contributed by atoms with van der Waals surface area (Å²) < 4.78 is 5.12. The number of hydrogen-bond acceptors (Lipinski definition) is 6. The minimum Gasteiger partial charge on any atom is -0.497 e. The molecule has 0 fully saturated rings. The van der Waals surface area contributed by atoms with Crippen molar-refractivity contribution in [1.29, 1.82) is 5.26 Å². The molecule has 3 aromatic rings. The average Bonchev–Trinajstić information content (AvgIpc) is 2.68. The molecule has 0 aliphatic rings. The lowest BCUT2D eigenvalue weighted by molar-refractivity contribution is 0.102. The van der Waals surface area contributed by atoms with Gasteiger partial charge in [0, 0.05) is 5.56 Å². The van der Waals surface area contributed by atoms with Gasteiger partial charge in [-0.1, -0.05) is 6.07 Å². The van der Waals surface area contributed by atoms with Gasteiger partial charge in [-0.25, -0.2) is 4.98 Å². The van der Waals surface area contributed by atoms with Crippen molar-refractivity contribution in [1.82, 2.24) is 15.2 Å². The third-order valence-corrected chi connectivity index (χ3v) is 3.39. The number of anilines is 1. The van der Waals surface area contributed by atoms with E-state index in [1.165, 1.54) is 12.1 Å². The summed E-state index contributed by atoms with van der Waals surface area (Å²) in [7, 11) is 1.60. The topological polar surface area (TPSA) is 101 Å². The van der Waals surface area contributed by atoms with Crippen LogP contribution in [0.15, 0.2) is 54.6 Å². The van der Waals surface area contributed by atoms with Crippen LogP contribution < -0.4 is 10.1 Å². The van der Waals surface area contributed by atoms with E-state index in [0.717, 1.165) is 11.3 Å². The monoisotopic (exact) mass is 331 g/mol. The maximum Gasteiger partial charge on any atom is 0.275 e. The molecule has 1 aromatic carbocycles. The van der Waals surface area contributed by atoms with E-state index in [1.54, 1.807) is 25.3 Å². The largest absolute Gasteiger partial charge is 0.497 e. The summed E-state index contributed by atoms with van der Waals surface area (Å²) in [6.45, 7) is 0. The highest BCUT2D eigenvalue weighted by Crippen LogP contribution is 2.20. The Morgan fingerprint density at radius 2 is 1.88 bits per heavy atom. The standard InChI is InChI=1S/C18H13N5O2/c1-25-14-7-5-12(6-8-14)15-9-10-17(23-22-15)21-18(24)16-4-2-3-13(11-19)20-16/h2-10H,1H3,(H,21,23,24). The number of nitrogens with zero attached hydrogens (tertiary/aromatic N) is 4. The maximum atomic E-state index is 12.1. The van der Waals surface area contributed by atoms with E-state index in [0.29, 0.717) is 11.5 Å². The molecule has 0 aliphatic carbocycles. The number of carbonyl (C=O) groups is 1. The molecule has 0 atom stereocenters. The Bertz CT molecular complexity index is 931. The van der Waals surface area contributed by atoms with Gasteiger partial charge in [-0.3, -0.25) is 4.79 Å². The third-order valence-electron chi connectivity index (χ3n) is 3.39. The van der Waals surface area contributed by atoms with Crippen LogP contribution in [0, 0.1) is 11.3 Å². The highest BCUT2D eigenvalue weighted by molar-refractivity contribution is 6.02. The molecule has 1 amide bonds. The lowest BCUT2D eigenvalue weighted by Gasteiger charge is -2.05. The SMILES string of the molecule is COc1ccc(-c2ccc(NC(=O)c3cccc(C#N)n3)nn2)cc1. The van der Waals surface area contributed by atoms with E-state index in [9.17, 15) is 4.79 Å². The number of aromatic nitrogens is 3. The van der Waals surface area contributed by atoms with Crippen molar-refractivity contribution in [3.8, 4) is 23.1 Å². The molecule has 2 heterocycles. The summed E-state index contributed by atoms with van der Waals surface area (Å²) >= 11 is 0. The van der Waals surface area contributed by atoms with Crippen LogP contribution in [-0.2, 0) is 0 Å². The Balaban J connectivity index is 1.73. The second kappa shape index (κ2) is 7.19. The van der Waals surface area contributed by atoms with Gasteiger partial charge in [0.2, 0.25) is 0 Å². The Kier molecular flexibility index (Phi) is 4.62. The molecule has 0 unspecified atom stereocenters. The van der Waals surface area contributed by atoms with E-state index in [-0.39, 0.29) is 11.4 Å². The zero-order valence-corrected chi connectivity index (χ0v) is 13.3. The van der Waals surface area contributed by atoms with Crippen LogP contribution in [0.4, 0.5) is 5.82 Å². The number of nitriles is 1. The number of benzene rings is 1. The van der Waals surface area contributed by atoms with Gasteiger partial charge in [-0.15, -0.1) is 10.2 Å². The number of hydrogen-bond donors (Lipinski definition) is 1. The van der Waals surface area contributed by atoms with Crippen LogP contribution >= 0.6 is 0 Å². The minimum atomic E-state index is -0.455. The zero-order valence-electron chi connectivity index (χ0n) is 13.3. The molecule has 122 valence electrons. The minimum absolute atomic E-state index is 0.139. The number of carbonyl (C=O) groups excluding carboxylic acids is 1. The van der Waals surface area contributed by atoms with Crippen LogP contribution in [0.25, 0.3) is 11.3 Å². The lowest BCUT2D eigenvalue weighted by atomic mass is 10.1. The van der Waals surface area contributed by atoms with Crippen molar-refractivity contribution in [2.75, 3.05) is 12.4 Å². The molecular weight excluding hydrogens is 318 g/mol. The van der Waals surface area contributed by atoms with Gasteiger partial charge in [0.1, 0.15) is 23.2 Å². The molecule has 2 aromatic heterocycles. The van der Waals surface area contributed by atoms with Gasteiger partial charge in [-0.05, 0) is 48.5 Å². The quantitative estimate of drug-likeness (QED) is 0.789. The molecule has 25 heavy (non-hydrogen) atoms. The highest BCUT2D eigenvalue weighted by atomic mass is 16.5. The zero-order chi connectivity index (χ0) is 17.6. The van der Waals surface area contributed by atoms with E-state index < -0.39 is 5.91 Å². The van der Waals surface area contributed by atoms with Crippen LogP contribution in [-0.4, -0.2) is 28.2 Å². The second-order valence-corrected chi connectivity index (χ2v) is 5.01. The average molecular weight is 331 g/mol. The first-order chi connectivity index (χ1) is 12.2. The van der Waals surface area contributed by atoms with Gasteiger partial charge in [0.15, 0.2) is 5.82 Å². The molecule has 3 rings (SSSR count). The molecule has 0 spiro atoms. The molecule has 1 N–H and O–H groups in total. The van der Waals surface area contributed by atoms with Crippen LogP contribution in [0.3, 0.4) is 0 Å². The summed E-state index contributed by atoms with van der Waals surface area (Å²) in [6.07, 6.45) is 0. The first-order valence-corrected chi connectivity index (χ1v) is 7.36. The van der Waals surface area contributed by atoms with Gasteiger partial charge >= 0.3 is 0 Å². The Labute approximate surface area is 143 Å². The van der Waals surface area contributed by atoms with Crippen molar-refractivity contribution >= 4 is 11.7 Å². The predicted molar refractivity (Wildman–Crippen MR) is 90.9 cm³/mol.